The highest BCUT2D eigenvalue weighted by atomic mass is 79.9. The summed E-state index contributed by atoms with van der Waals surface area (Å²) in [6.07, 6.45) is 3.34. The minimum Gasteiger partial charge on any atom is -0.367 e. The highest BCUT2D eigenvalue weighted by Crippen LogP contribution is 2.26. The number of halogens is 1. The Bertz CT molecular complexity index is 412. The van der Waals surface area contributed by atoms with Gasteiger partial charge in [0.1, 0.15) is 0 Å². The standard InChI is InChI=1S/C13H17BrN2/c1-10-8-12(14)2-3-13(10)16-6-4-11(9-15)5-7-16/h2-4,8H,5-7,9,15H2,1H3. The van der Waals surface area contributed by atoms with Crippen molar-refractivity contribution in [2.75, 3.05) is 24.5 Å². The summed E-state index contributed by atoms with van der Waals surface area (Å²) in [7, 11) is 0. The molecule has 16 heavy (non-hydrogen) atoms. The van der Waals surface area contributed by atoms with Gasteiger partial charge in [-0.2, -0.15) is 0 Å². The third-order valence-electron chi connectivity index (χ3n) is 3.06. The smallest absolute Gasteiger partial charge is 0.0399 e. The van der Waals surface area contributed by atoms with Gasteiger partial charge in [-0.15, -0.1) is 0 Å². The Hall–Kier alpha value is -0.800. The van der Waals surface area contributed by atoms with Crippen LogP contribution >= 0.6 is 15.9 Å². The van der Waals surface area contributed by atoms with Crippen LogP contribution in [0.4, 0.5) is 5.69 Å². The fraction of sp³-hybridized carbons (Fsp3) is 0.385. The zero-order valence-corrected chi connectivity index (χ0v) is 11.1. The van der Waals surface area contributed by atoms with E-state index in [-0.39, 0.29) is 0 Å². The monoisotopic (exact) mass is 280 g/mol. The number of rotatable bonds is 2. The summed E-state index contributed by atoms with van der Waals surface area (Å²) in [6.45, 7) is 4.91. The Morgan fingerprint density at radius 1 is 1.44 bits per heavy atom. The van der Waals surface area contributed by atoms with Crippen LogP contribution in [0.15, 0.2) is 34.3 Å². The van der Waals surface area contributed by atoms with Crippen LogP contribution in [0.2, 0.25) is 0 Å². The molecule has 1 aromatic carbocycles. The van der Waals surface area contributed by atoms with Gasteiger partial charge in [0.2, 0.25) is 0 Å². The molecule has 0 radical (unpaired) electrons. The average molecular weight is 281 g/mol. The van der Waals surface area contributed by atoms with Crippen molar-refractivity contribution in [3.05, 3.63) is 39.9 Å². The molecule has 2 N–H and O–H groups in total. The Morgan fingerprint density at radius 3 is 2.81 bits per heavy atom. The fourth-order valence-corrected chi connectivity index (χ4v) is 2.56. The van der Waals surface area contributed by atoms with E-state index in [0.717, 1.165) is 24.0 Å². The molecule has 1 aromatic rings. The van der Waals surface area contributed by atoms with E-state index in [1.54, 1.807) is 0 Å². The topological polar surface area (TPSA) is 29.3 Å². The highest BCUT2D eigenvalue weighted by Gasteiger charge is 2.13. The molecular formula is C13H17BrN2. The molecule has 0 bridgehead atoms. The molecule has 1 heterocycles. The molecule has 86 valence electrons. The minimum atomic E-state index is 0.702. The second-order valence-electron chi connectivity index (χ2n) is 4.19. The van der Waals surface area contributed by atoms with E-state index in [9.17, 15) is 0 Å². The lowest BCUT2D eigenvalue weighted by Crippen LogP contribution is -2.30. The molecule has 3 heteroatoms. The van der Waals surface area contributed by atoms with E-state index in [1.807, 2.05) is 0 Å². The number of benzene rings is 1. The maximum absolute atomic E-state index is 5.64. The second-order valence-corrected chi connectivity index (χ2v) is 5.11. The molecular weight excluding hydrogens is 264 g/mol. The van der Waals surface area contributed by atoms with Crippen molar-refractivity contribution in [2.45, 2.75) is 13.3 Å². The summed E-state index contributed by atoms with van der Waals surface area (Å²) in [6, 6.07) is 6.45. The summed E-state index contributed by atoms with van der Waals surface area (Å²) in [5.74, 6) is 0. The highest BCUT2D eigenvalue weighted by molar-refractivity contribution is 9.10. The normalized spacial score (nSPS) is 16.2. The molecule has 2 nitrogen and oxygen atoms in total. The number of anilines is 1. The third kappa shape index (κ3) is 2.47. The van der Waals surface area contributed by atoms with Crippen molar-refractivity contribution in [3.63, 3.8) is 0 Å². The van der Waals surface area contributed by atoms with Gasteiger partial charge < -0.3 is 10.6 Å². The van der Waals surface area contributed by atoms with Crippen molar-refractivity contribution < 1.29 is 0 Å². The van der Waals surface area contributed by atoms with E-state index in [0.29, 0.717) is 6.54 Å². The molecule has 1 aliphatic heterocycles. The van der Waals surface area contributed by atoms with Crippen molar-refractivity contribution in [3.8, 4) is 0 Å². The maximum atomic E-state index is 5.64. The lowest BCUT2D eigenvalue weighted by atomic mass is 10.1. The molecule has 0 aromatic heterocycles. The zero-order chi connectivity index (χ0) is 11.5. The maximum Gasteiger partial charge on any atom is 0.0399 e. The van der Waals surface area contributed by atoms with Gasteiger partial charge in [0.25, 0.3) is 0 Å². The van der Waals surface area contributed by atoms with Gasteiger partial charge in [-0.25, -0.2) is 0 Å². The molecule has 1 aliphatic rings. The molecule has 2 rings (SSSR count). The first-order chi connectivity index (χ1) is 7.70. The van der Waals surface area contributed by atoms with Crippen LogP contribution in [0, 0.1) is 6.92 Å². The number of hydrogen-bond acceptors (Lipinski definition) is 2. The van der Waals surface area contributed by atoms with E-state index in [2.05, 4.69) is 52.0 Å². The molecule has 0 spiro atoms. The summed E-state index contributed by atoms with van der Waals surface area (Å²) >= 11 is 3.49. The predicted molar refractivity (Wildman–Crippen MR) is 72.8 cm³/mol. The average Bonchev–Trinajstić information content (AvgIpc) is 2.29. The zero-order valence-electron chi connectivity index (χ0n) is 9.54. The van der Waals surface area contributed by atoms with Crippen LogP contribution in [-0.4, -0.2) is 19.6 Å². The number of nitrogens with two attached hydrogens (primary N) is 1. The van der Waals surface area contributed by atoms with Gasteiger partial charge in [0.05, 0.1) is 0 Å². The molecule has 0 saturated carbocycles. The van der Waals surface area contributed by atoms with Crippen LogP contribution in [-0.2, 0) is 0 Å². The van der Waals surface area contributed by atoms with E-state index in [4.69, 9.17) is 5.73 Å². The van der Waals surface area contributed by atoms with Gasteiger partial charge in [0.15, 0.2) is 0 Å². The molecule has 0 saturated heterocycles. The third-order valence-corrected chi connectivity index (χ3v) is 3.56. The molecule has 0 aliphatic carbocycles. The van der Waals surface area contributed by atoms with Crippen LogP contribution in [0.1, 0.15) is 12.0 Å². The Kier molecular flexibility index (Phi) is 3.66. The molecule has 0 amide bonds. The molecule has 0 atom stereocenters. The van der Waals surface area contributed by atoms with Crippen LogP contribution in [0.5, 0.6) is 0 Å². The van der Waals surface area contributed by atoms with Crippen molar-refractivity contribution in [1.82, 2.24) is 0 Å². The first-order valence-corrected chi connectivity index (χ1v) is 6.39. The summed E-state index contributed by atoms with van der Waals surface area (Å²) in [5, 5.41) is 0. The Labute approximate surface area is 105 Å². The number of aryl methyl sites for hydroxylation is 1. The molecule has 0 fully saturated rings. The summed E-state index contributed by atoms with van der Waals surface area (Å²) in [5.41, 5.74) is 9.67. The molecule has 0 unspecified atom stereocenters. The summed E-state index contributed by atoms with van der Waals surface area (Å²) < 4.78 is 1.14. The lowest BCUT2D eigenvalue weighted by Gasteiger charge is -2.29. The van der Waals surface area contributed by atoms with E-state index in [1.165, 1.54) is 16.8 Å². The van der Waals surface area contributed by atoms with Crippen LogP contribution < -0.4 is 10.6 Å². The van der Waals surface area contributed by atoms with Gasteiger partial charge in [-0.1, -0.05) is 27.6 Å². The van der Waals surface area contributed by atoms with Gasteiger partial charge in [-0.05, 0) is 37.1 Å². The Balaban J connectivity index is 2.17. The number of nitrogens with zero attached hydrogens (tertiary/aromatic N) is 1. The van der Waals surface area contributed by atoms with Crippen molar-refractivity contribution >= 4 is 21.6 Å². The van der Waals surface area contributed by atoms with Gasteiger partial charge >= 0.3 is 0 Å². The quantitative estimate of drug-likeness (QED) is 0.845. The summed E-state index contributed by atoms with van der Waals surface area (Å²) in [4.78, 5) is 2.40. The van der Waals surface area contributed by atoms with Crippen LogP contribution in [0.25, 0.3) is 0 Å². The van der Waals surface area contributed by atoms with Crippen LogP contribution in [0.3, 0.4) is 0 Å². The van der Waals surface area contributed by atoms with Gasteiger partial charge in [-0.3, -0.25) is 0 Å². The van der Waals surface area contributed by atoms with Crippen molar-refractivity contribution in [1.29, 1.82) is 0 Å². The predicted octanol–water partition coefficient (Wildman–Crippen LogP) is 2.85. The largest absolute Gasteiger partial charge is 0.367 e. The first-order valence-electron chi connectivity index (χ1n) is 5.60. The van der Waals surface area contributed by atoms with E-state index < -0.39 is 0 Å². The SMILES string of the molecule is Cc1cc(Br)ccc1N1CC=C(CN)CC1. The first kappa shape index (κ1) is 11.7. The minimum absolute atomic E-state index is 0.702. The van der Waals surface area contributed by atoms with Crippen molar-refractivity contribution in [2.24, 2.45) is 5.73 Å². The van der Waals surface area contributed by atoms with Gasteiger partial charge in [0, 0.05) is 29.8 Å². The number of hydrogen-bond donors (Lipinski definition) is 1. The Morgan fingerprint density at radius 2 is 2.25 bits per heavy atom. The van der Waals surface area contributed by atoms with E-state index >= 15 is 0 Å². The second kappa shape index (κ2) is 5.02. The lowest BCUT2D eigenvalue weighted by molar-refractivity contribution is 0.770. The fourth-order valence-electron chi connectivity index (χ4n) is 2.09.